The van der Waals surface area contributed by atoms with E-state index in [9.17, 15) is 18.0 Å². The molecule has 114 valence electrons. The Bertz CT molecular complexity index is 630. The second kappa shape index (κ2) is 5.65. The SMILES string of the molecule is CCOC(=O)C1=C(C(F)(F)F)Nc2cc(Cl)c(Cl)cc2N1. The van der Waals surface area contributed by atoms with Crippen LogP contribution in [0.1, 0.15) is 6.92 Å². The van der Waals surface area contributed by atoms with Gasteiger partial charge in [0.1, 0.15) is 0 Å². The summed E-state index contributed by atoms with van der Waals surface area (Å²) in [4.78, 5) is 11.7. The van der Waals surface area contributed by atoms with Crippen molar-refractivity contribution in [1.82, 2.24) is 0 Å². The van der Waals surface area contributed by atoms with Crippen LogP contribution < -0.4 is 10.6 Å². The van der Waals surface area contributed by atoms with Gasteiger partial charge in [-0.3, -0.25) is 0 Å². The van der Waals surface area contributed by atoms with Crippen molar-refractivity contribution in [1.29, 1.82) is 0 Å². The smallest absolute Gasteiger partial charge is 0.433 e. The van der Waals surface area contributed by atoms with Crippen LogP contribution >= 0.6 is 23.2 Å². The number of anilines is 2. The second-order valence-corrected chi connectivity index (χ2v) is 4.84. The number of ether oxygens (including phenoxy) is 1. The largest absolute Gasteiger partial charge is 0.461 e. The Morgan fingerprint density at radius 3 is 2.19 bits per heavy atom. The number of nitrogens with one attached hydrogen (secondary N) is 2. The number of alkyl halides is 3. The van der Waals surface area contributed by atoms with Crippen LogP contribution in [-0.4, -0.2) is 18.8 Å². The van der Waals surface area contributed by atoms with Crippen LogP contribution in [0, 0.1) is 0 Å². The van der Waals surface area contributed by atoms with Crippen LogP contribution in [0.4, 0.5) is 24.5 Å². The first kappa shape index (κ1) is 15.8. The highest BCUT2D eigenvalue weighted by Gasteiger charge is 2.41. The van der Waals surface area contributed by atoms with Gasteiger partial charge in [0.2, 0.25) is 0 Å². The van der Waals surface area contributed by atoms with Gasteiger partial charge in [0.15, 0.2) is 11.4 Å². The van der Waals surface area contributed by atoms with Crippen molar-refractivity contribution in [3.05, 3.63) is 33.6 Å². The van der Waals surface area contributed by atoms with Crippen LogP contribution in [0.3, 0.4) is 0 Å². The molecule has 0 aliphatic carbocycles. The number of carbonyl (C=O) groups excluding carboxylic acids is 1. The minimum Gasteiger partial charge on any atom is -0.461 e. The molecule has 1 aliphatic rings. The van der Waals surface area contributed by atoms with Gasteiger partial charge in [0, 0.05) is 0 Å². The van der Waals surface area contributed by atoms with Crippen molar-refractivity contribution >= 4 is 40.5 Å². The monoisotopic (exact) mass is 340 g/mol. The van der Waals surface area contributed by atoms with Crippen molar-refractivity contribution in [2.75, 3.05) is 17.2 Å². The molecule has 0 aromatic heterocycles. The molecule has 9 heteroatoms. The minimum atomic E-state index is -4.76. The lowest BCUT2D eigenvalue weighted by atomic mass is 10.1. The molecule has 21 heavy (non-hydrogen) atoms. The van der Waals surface area contributed by atoms with Crippen LogP contribution in [0.2, 0.25) is 10.0 Å². The molecule has 0 bridgehead atoms. The molecule has 0 unspecified atom stereocenters. The van der Waals surface area contributed by atoms with E-state index in [1.54, 1.807) is 0 Å². The Hall–Kier alpha value is -1.60. The minimum absolute atomic E-state index is 0.0522. The highest BCUT2D eigenvalue weighted by molar-refractivity contribution is 6.42. The molecular weight excluding hydrogens is 332 g/mol. The van der Waals surface area contributed by atoms with Gasteiger partial charge in [-0.1, -0.05) is 23.2 Å². The summed E-state index contributed by atoms with van der Waals surface area (Å²) in [5.74, 6) is -1.12. The third kappa shape index (κ3) is 3.19. The summed E-state index contributed by atoms with van der Waals surface area (Å²) >= 11 is 11.6. The quantitative estimate of drug-likeness (QED) is 0.793. The normalized spacial score (nSPS) is 14.2. The molecule has 1 aliphatic heterocycles. The second-order valence-electron chi connectivity index (χ2n) is 4.03. The Balaban J connectivity index is 2.50. The van der Waals surface area contributed by atoms with Crippen molar-refractivity contribution in [3.8, 4) is 0 Å². The lowest BCUT2D eigenvalue weighted by Crippen LogP contribution is -2.31. The summed E-state index contributed by atoms with van der Waals surface area (Å²) in [6.45, 7) is 1.44. The molecular formula is C12H9Cl2F3N2O2. The van der Waals surface area contributed by atoms with E-state index in [-0.39, 0.29) is 28.0 Å². The van der Waals surface area contributed by atoms with E-state index in [0.717, 1.165) is 0 Å². The Morgan fingerprint density at radius 2 is 1.71 bits per heavy atom. The first-order valence-electron chi connectivity index (χ1n) is 5.75. The number of hydrogen-bond acceptors (Lipinski definition) is 4. The lowest BCUT2D eigenvalue weighted by Gasteiger charge is -2.26. The molecule has 1 aromatic rings. The zero-order valence-corrected chi connectivity index (χ0v) is 12.1. The highest BCUT2D eigenvalue weighted by atomic mass is 35.5. The van der Waals surface area contributed by atoms with E-state index >= 15 is 0 Å². The summed E-state index contributed by atoms with van der Waals surface area (Å²) in [6.07, 6.45) is -4.76. The Kier molecular flexibility index (Phi) is 4.25. The van der Waals surface area contributed by atoms with Crippen LogP contribution in [0.15, 0.2) is 23.5 Å². The average Bonchev–Trinajstić information content (AvgIpc) is 2.38. The molecule has 2 N–H and O–H groups in total. The number of esters is 1. The molecule has 0 radical (unpaired) electrons. The third-order valence-corrected chi connectivity index (χ3v) is 3.31. The fourth-order valence-electron chi connectivity index (χ4n) is 1.72. The summed E-state index contributed by atoms with van der Waals surface area (Å²) in [6, 6.07) is 2.55. The molecule has 0 amide bonds. The van der Waals surface area contributed by atoms with Crippen LogP contribution in [-0.2, 0) is 9.53 Å². The number of carbonyl (C=O) groups is 1. The maximum atomic E-state index is 13.0. The van der Waals surface area contributed by atoms with E-state index in [1.165, 1.54) is 19.1 Å². The molecule has 0 atom stereocenters. The molecule has 4 nitrogen and oxygen atoms in total. The van der Waals surface area contributed by atoms with Gasteiger partial charge in [-0.15, -0.1) is 0 Å². The van der Waals surface area contributed by atoms with Gasteiger partial charge in [-0.25, -0.2) is 4.79 Å². The van der Waals surface area contributed by atoms with Crippen molar-refractivity contribution in [2.45, 2.75) is 13.1 Å². The van der Waals surface area contributed by atoms with Crippen LogP contribution in [0.5, 0.6) is 0 Å². The number of allylic oxidation sites excluding steroid dienone is 1. The van der Waals surface area contributed by atoms with Crippen molar-refractivity contribution in [2.24, 2.45) is 0 Å². The van der Waals surface area contributed by atoms with E-state index < -0.39 is 23.5 Å². The number of benzene rings is 1. The molecule has 0 spiro atoms. The zero-order valence-electron chi connectivity index (χ0n) is 10.6. The van der Waals surface area contributed by atoms with E-state index in [2.05, 4.69) is 15.4 Å². The summed E-state index contributed by atoms with van der Waals surface area (Å²) in [5, 5.41) is 4.76. The predicted molar refractivity (Wildman–Crippen MR) is 73.4 cm³/mol. The van der Waals surface area contributed by atoms with E-state index in [4.69, 9.17) is 23.2 Å². The number of rotatable bonds is 2. The standard InChI is InChI=1S/C12H9Cl2F3N2O2/c1-2-21-11(20)9-10(12(15,16)17)19-8-4-6(14)5(13)3-7(8)18-9/h3-4,18-19H,2H2,1H3. The number of halogens is 5. The van der Waals surface area contributed by atoms with Gasteiger partial charge in [-0.2, -0.15) is 13.2 Å². The van der Waals surface area contributed by atoms with Gasteiger partial charge in [0.25, 0.3) is 0 Å². The van der Waals surface area contributed by atoms with Crippen molar-refractivity contribution < 1.29 is 22.7 Å². The molecule has 0 fully saturated rings. The lowest BCUT2D eigenvalue weighted by molar-refractivity contribution is -0.139. The first-order valence-corrected chi connectivity index (χ1v) is 6.51. The molecule has 1 aromatic carbocycles. The van der Waals surface area contributed by atoms with Crippen LogP contribution in [0.25, 0.3) is 0 Å². The van der Waals surface area contributed by atoms with Gasteiger partial charge >= 0.3 is 12.1 Å². The Morgan fingerprint density at radius 1 is 1.19 bits per heavy atom. The van der Waals surface area contributed by atoms with Gasteiger partial charge in [0.05, 0.1) is 28.0 Å². The fourth-order valence-corrected chi connectivity index (χ4v) is 2.04. The maximum absolute atomic E-state index is 13.0. The predicted octanol–water partition coefficient (Wildman–Crippen LogP) is 4.17. The molecule has 0 saturated carbocycles. The first-order chi connectivity index (χ1) is 9.74. The third-order valence-electron chi connectivity index (χ3n) is 2.59. The topological polar surface area (TPSA) is 50.4 Å². The van der Waals surface area contributed by atoms with E-state index in [1.807, 2.05) is 0 Å². The number of hydrogen-bond donors (Lipinski definition) is 2. The Labute approximate surface area is 127 Å². The van der Waals surface area contributed by atoms with Gasteiger partial charge in [-0.05, 0) is 19.1 Å². The fraction of sp³-hybridized carbons (Fsp3) is 0.250. The molecule has 0 saturated heterocycles. The summed E-state index contributed by atoms with van der Waals surface area (Å²) < 4.78 is 43.7. The van der Waals surface area contributed by atoms with Crippen molar-refractivity contribution in [3.63, 3.8) is 0 Å². The molecule has 1 heterocycles. The van der Waals surface area contributed by atoms with E-state index in [0.29, 0.717) is 0 Å². The highest BCUT2D eigenvalue weighted by Crippen LogP contribution is 2.40. The summed E-state index contributed by atoms with van der Waals surface area (Å²) in [5.41, 5.74) is -1.72. The average molecular weight is 341 g/mol. The molecule has 2 rings (SSSR count). The van der Waals surface area contributed by atoms with Gasteiger partial charge < -0.3 is 15.4 Å². The number of fused-ring (bicyclic) bond motifs is 1. The summed E-state index contributed by atoms with van der Waals surface area (Å²) in [7, 11) is 0. The maximum Gasteiger partial charge on any atom is 0.433 e. The zero-order chi connectivity index (χ0) is 15.8.